The lowest BCUT2D eigenvalue weighted by Gasteiger charge is -2.24. The third-order valence-electron chi connectivity index (χ3n) is 6.85. The molecule has 2 heterocycles. The molecule has 1 aromatic carbocycles. The molecular formula is C27H33N3O6. The number of Topliss-reactive ketones (excluding diaryl/α,β-unsaturated/α-hetero) is 1. The van der Waals surface area contributed by atoms with Gasteiger partial charge in [0.15, 0.2) is 11.5 Å². The topological polar surface area (TPSA) is 118 Å². The molecule has 192 valence electrons. The number of carbonyl (C=O) groups is 4. The van der Waals surface area contributed by atoms with Gasteiger partial charge in [-0.25, -0.2) is 4.79 Å². The van der Waals surface area contributed by atoms with E-state index in [1.54, 1.807) is 12.1 Å². The molecule has 2 aromatic rings. The van der Waals surface area contributed by atoms with Crippen molar-refractivity contribution in [2.24, 2.45) is 5.92 Å². The van der Waals surface area contributed by atoms with Crippen LogP contribution in [0.5, 0.6) is 0 Å². The minimum atomic E-state index is -0.770. The van der Waals surface area contributed by atoms with Gasteiger partial charge in [-0.1, -0.05) is 56.0 Å². The van der Waals surface area contributed by atoms with Crippen molar-refractivity contribution in [2.75, 3.05) is 13.1 Å². The molecule has 0 spiro atoms. The van der Waals surface area contributed by atoms with Crippen LogP contribution < -0.4 is 10.6 Å². The molecule has 36 heavy (non-hydrogen) atoms. The fourth-order valence-electron chi connectivity index (χ4n) is 4.86. The number of nitrogens with zero attached hydrogens (tertiary/aromatic N) is 1. The number of hydrogen-bond acceptors (Lipinski definition) is 6. The van der Waals surface area contributed by atoms with Crippen molar-refractivity contribution in [3.63, 3.8) is 0 Å². The van der Waals surface area contributed by atoms with Crippen molar-refractivity contribution in [1.82, 2.24) is 15.5 Å². The van der Waals surface area contributed by atoms with Crippen molar-refractivity contribution in [3.8, 4) is 0 Å². The Morgan fingerprint density at radius 2 is 1.81 bits per heavy atom. The van der Waals surface area contributed by atoms with Crippen molar-refractivity contribution in [1.29, 1.82) is 0 Å². The third-order valence-corrected chi connectivity index (χ3v) is 6.85. The van der Waals surface area contributed by atoms with E-state index in [0.29, 0.717) is 31.7 Å². The summed E-state index contributed by atoms with van der Waals surface area (Å²) in [7, 11) is 0. The summed E-state index contributed by atoms with van der Waals surface area (Å²) in [5.74, 6) is -0.626. The van der Waals surface area contributed by atoms with E-state index in [2.05, 4.69) is 10.6 Å². The van der Waals surface area contributed by atoms with Gasteiger partial charge in [0.05, 0.1) is 18.8 Å². The molecule has 1 saturated carbocycles. The second kappa shape index (κ2) is 12.4. The Bertz CT molecular complexity index is 1030. The van der Waals surface area contributed by atoms with Gasteiger partial charge in [0.1, 0.15) is 12.6 Å². The first kappa shape index (κ1) is 25.5. The van der Waals surface area contributed by atoms with E-state index >= 15 is 0 Å². The minimum absolute atomic E-state index is 0.128. The van der Waals surface area contributed by atoms with Gasteiger partial charge in [-0.3, -0.25) is 14.4 Å². The predicted octanol–water partition coefficient (Wildman–Crippen LogP) is 3.44. The first-order valence-corrected chi connectivity index (χ1v) is 12.6. The summed E-state index contributed by atoms with van der Waals surface area (Å²) >= 11 is 0. The largest absolute Gasteiger partial charge is 0.459 e. The Morgan fingerprint density at radius 1 is 1.03 bits per heavy atom. The number of carbonyl (C=O) groups excluding carboxylic acids is 4. The summed E-state index contributed by atoms with van der Waals surface area (Å²) in [6.07, 6.45) is 6.58. The van der Waals surface area contributed by atoms with E-state index in [9.17, 15) is 19.2 Å². The van der Waals surface area contributed by atoms with Crippen LogP contribution in [-0.2, 0) is 20.9 Å². The molecule has 9 heteroatoms. The molecule has 1 saturated heterocycles. The molecule has 0 radical (unpaired) electrons. The van der Waals surface area contributed by atoms with Crippen molar-refractivity contribution in [3.05, 3.63) is 60.1 Å². The van der Waals surface area contributed by atoms with Crippen LogP contribution in [-0.4, -0.2) is 53.8 Å². The van der Waals surface area contributed by atoms with E-state index < -0.39 is 24.1 Å². The van der Waals surface area contributed by atoms with Crippen LogP contribution in [0.15, 0.2) is 53.1 Å². The summed E-state index contributed by atoms with van der Waals surface area (Å²) in [6, 6.07) is 11.0. The maximum Gasteiger partial charge on any atom is 0.410 e. The number of nitrogens with one attached hydrogen (secondary N) is 2. The smallest absolute Gasteiger partial charge is 0.410 e. The molecular weight excluding hydrogens is 462 g/mol. The predicted molar refractivity (Wildman–Crippen MR) is 131 cm³/mol. The van der Waals surface area contributed by atoms with Crippen molar-refractivity contribution in [2.45, 2.75) is 63.6 Å². The first-order chi connectivity index (χ1) is 17.5. The molecule has 3 amide bonds. The minimum Gasteiger partial charge on any atom is -0.459 e. The number of likely N-dealkylation sites (tertiary alicyclic amines) is 1. The first-order valence-electron chi connectivity index (χ1n) is 12.6. The molecule has 1 aliphatic carbocycles. The van der Waals surface area contributed by atoms with Gasteiger partial charge in [-0.05, 0) is 42.9 Å². The quantitative estimate of drug-likeness (QED) is 0.579. The number of benzene rings is 1. The van der Waals surface area contributed by atoms with E-state index in [-0.39, 0.29) is 30.6 Å². The lowest BCUT2D eigenvalue weighted by Crippen LogP contribution is -2.52. The molecule has 0 bridgehead atoms. The summed E-state index contributed by atoms with van der Waals surface area (Å²) in [4.78, 5) is 52.7. The average molecular weight is 496 g/mol. The zero-order valence-corrected chi connectivity index (χ0v) is 20.3. The summed E-state index contributed by atoms with van der Waals surface area (Å²) in [5, 5.41) is 5.62. The Morgan fingerprint density at radius 3 is 2.53 bits per heavy atom. The lowest BCUT2D eigenvalue weighted by atomic mass is 9.97. The molecule has 1 unspecified atom stereocenters. The van der Waals surface area contributed by atoms with Gasteiger partial charge in [0.2, 0.25) is 5.91 Å². The van der Waals surface area contributed by atoms with E-state index in [4.69, 9.17) is 9.15 Å². The van der Waals surface area contributed by atoms with E-state index in [1.807, 2.05) is 30.3 Å². The average Bonchev–Trinajstić information content (AvgIpc) is 3.58. The van der Waals surface area contributed by atoms with Gasteiger partial charge in [0.25, 0.3) is 5.91 Å². The molecule has 2 N–H and O–H groups in total. The standard InChI is InChI=1S/C27H33N3O6/c31-23-17-30(27(34)36-18-20-10-2-1-3-11-20)14-6-12-21(23)28-25(32)22(16-19-8-4-5-9-19)29-26(33)24-13-7-15-35-24/h1-3,7,10-11,13,15,19,21-22H,4-6,8-9,12,14,16-18H2,(H,28,32)(H,29,33)/t21?,22-/m0/s1. The lowest BCUT2D eigenvalue weighted by molar-refractivity contribution is -0.129. The third kappa shape index (κ3) is 6.96. The zero-order valence-electron chi connectivity index (χ0n) is 20.3. The maximum absolute atomic E-state index is 13.2. The highest BCUT2D eigenvalue weighted by molar-refractivity contribution is 5.97. The Balaban J connectivity index is 1.33. The highest BCUT2D eigenvalue weighted by Crippen LogP contribution is 2.29. The Labute approximate surface area is 210 Å². The van der Waals surface area contributed by atoms with E-state index in [1.165, 1.54) is 11.2 Å². The monoisotopic (exact) mass is 495 g/mol. The SMILES string of the molecule is O=C(N[C@@H](CC1CCCC1)C(=O)NC1CCCN(C(=O)OCc2ccccc2)CC1=O)c1ccco1. The second-order valence-electron chi connectivity index (χ2n) is 9.52. The second-order valence-corrected chi connectivity index (χ2v) is 9.52. The molecule has 1 aliphatic heterocycles. The van der Waals surface area contributed by atoms with Crippen LogP contribution in [0.4, 0.5) is 4.79 Å². The summed E-state index contributed by atoms with van der Waals surface area (Å²) < 4.78 is 10.5. The summed E-state index contributed by atoms with van der Waals surface area (Å²) in [6.45, 7) is 0.361. The highest BCUT2D eigenvalue weighted by Gasteiger charge is 2.33. The fraction of sp³-hybridized carbons (Fsp3) is 0.481. The number of rotatable bonds is 8. The van der Waals surface area contributed by atoms with E-state index in [0.717, 1.165) is 31.2 Å². The van der Waals surface area contributed by atoms with Gasteiger partial charge in [0, 0.05) is 6.54 Å². The number of amides is 3. The van der Waals surface area contributed by atoms with Crippen LogP contribution in [0.25, 0.3) is 0 Å². The molecule has 2 fully saturated rings. The molecule has 4 rings (SSSR count). The molecule has 9 nitrogen and oxygen atoms in total. The van der Waals surface area contributed by atoms with Gasteiger partial charge in [-0.2, -0.15) is 0 Å². The van der Waals surface area contributed by atoms with Crippen LogP contribution in [0.3, 0.4) is 0 Å². The van der Waals surface area contributed by atoms with Crippen LogP contribution >= 0.6 is 0 Å². The van der Waals surface area contributed by atoms with Crippen LogP contribution in [0.2, 0.25) is 0 Å². The molecule has 2 atom stereocenters. The van der Waals surface area contributed by atoms with Crippen LogP contribution in [0, 0.1) is 5.92 Å². The number of hydrogen-bond donors (Lipinski definition) is 2. The van der Waals surface area contributed by atoms with Crippen LogP contribution in [0.1, 0.15) is 61.1 Å². The van der Waals surface area contributed by atoms with Gasteiger partial charge < -0.3 is 24.7 Å². The fourth-order valence-corrected chi connectivity index (χ4v) is 4.86. The zero-order chi connectivity index (χ0) is 25.3. The molecule has 1 aromatic heterocycles. The number of ketones is 1. The maximum atomic E-state index is 13.2. The number of ether oxygens (including phenoxy) is 1. The number of furan rings is 1. The van der Waals surface area contributed by atoms with Crippen molar-refractivity contribution < 1.29 is 28.3 Å². The normalized spacial score (nSPS) is 19.4. The van der Waals surface area contributed by atoms with Gasteiger partial charge >= 0.3 is 6.09 Å². The highest BCUT2D eigenvalue weighted by atomic mass is 16.6. The molecule has 2 aliphatic rings. The van der Waals surface area contributed by atoms with Crippen molar-refractivity contribution >= 4 is 23.7 Å². The van der Waals surface area contributed by atoms with Gasteiger partial charge in [-0.15, -0.1) is 0 Å². The Kier molecular flexibility index (Phi) is 8.76. The Hall–Kier alpha value is -3.62. The summed E-state index contributed by atoms with van der Waals surface area (Å²) in [5.41, 5.74) is 0.863.